The van der Waals surface area contributed by atoms with Gasteiger partial charge in [-0.3, -0.25) is 0 Å². The Kier molecular flexibility index (Phi) is 6.12. The Morgan fingerprint density at radius 3 is 2.44 bits per heavy atom. The topological polar surface area (TPSA) is 15.3 Å². The molecule has 0 amide bonds. The number of hydrogen-bond acceptors (Lipinski definition) is 2. The minimum Gasteiger partial charge on any atom is -0.310 e. The molecule has 1 aromatic carbocycles. The summed E-state index contributed by atoms with van der Waals surface area (Å²) in [5.74, 6) is 0. The number of nitrogens with zero attached hydrogens (tertiary/aromatic N) is 1. The first kappa shape index (κ1) is 13.2. The molecule has 0 bridgehead atoms. The fraction of sp³-hybridized carbons (Fsp3) is 0.571. The van der Waals surface area contributed by atoms with E-state index < -0.39 is 0 Å². The molecule has 0 radical (unpaired) electrons. The molecule has 2 nitrogen and oxygen atoms in total. The van der Waals surface area contributed by atoms with Crippen molar-refractivity contribution in [1.82, 2.24) is 10.2 Å². The predicted octanol–water partition coefficient (Wildman–Crippen LogP) is 2.68. The van der Waals surface area contributed by atoms with Crippen LogP contribution in [0.2, 0.25) is 0 Å². The van der Waals surface area contributed by atoms with Gasteiger partial charge in [-0.25, -0.2) is 0 Å². The van der Waals surface area contributed by atoms with Crippen molar-refractivity contribution < 1.29 is 0 Å². The van der Waals surface area contributed by atoms with Crippen LogP contribution < -0.4 is 5.32 Å². The molecule has 0 fully saturated rings. The lowest BCUT2D eigenvalue weighted by Crippen LogP contribution is -2.26. The van der Waals surface area contributed by atoms with Gasteiger partial charge in [0.25, 0.3) is 0 Å². The normalized spacial score (nSPS) is 13.0. The Morgan fingerprint density at radius 1 is 1.19 bits per heavy atom. The lowest BCUT2D eigenvalue weighted by molar-refractivity contribution is 0.361. The summed E-state index contributed by atoms with van der Waals surface area (Å²) in [6, 6.07) is 11.2. The standard InChI is InChI=1S/C14H24N2/c1-4-11-15-14(10-12-16(2)3)13-8-6-5-7-9-13/h5-9,14-15H,4,10-12H2,1-3H3. The van der Waals surface area contributed by atoms with E-state index in [0.29, 0.717) is 6.04 Å². The molecular weight excluding hydrogens is 196 g/mol. The van der Waals surface area contributed by atoms with Gasteiger partial charge in [-0.05, 0) is 45.6 Å². The summed E-state index contributed by atoms with van der Waals surface area (Å²) in [5.41, 5.74) is 1.40. The van der Waals surface area contributed by atoms with Crippen LogP contribution in [0.5, 0.6) is 0 Å². The van der Waals surface area contributed by atoms with E-state index >= 15 is 0 Å². The van der Waals surface area contributed by atoms with Crippen LogP contribution in [0.25, 0.3) is 0 Å². The summed E-state index contributed by atoms with van der Waals surface area (Å²) in [5, 5.41) is 3.61. The smallest absolute Gasteiger partial charge is 0.0332 e. The number of benzene rings is 1. The maximum Gasteiger partial charge on any atom is 0.0332 e. The first-order valence-corrected chi connectivity index (χ1v) is 6.17. The Bertz CT molecular complexity index is 269. The van der Waals surface area contributed by atoms with E-state index in [1.54, 1.807) is 0 Å². The van der Waals surface area contributed by atoms with Crippen molar-refractivity contribution in [1.29, 1.82) is 0 Å². The van der Waals surface area contributed by atoms with Gasteiger partial charge in [-0.1, -0.05) is 37.3 Å². The summed E-state index contributed by atoms with van der Waals surface area (Å²) in [4.78, 5) is 2.24. The molecule has 0 heterocycles. The average Bonchev–Trinajstić information content (AvgIpc) is 2.30. The average molecular weight is 220 g/mol. The van der Waals surface area contributed by atoms with Crippen molar-refractivity contribution in [3.63, 3.8) is 0 Å². The van der Waals surface area contributed by atoms with Crippen molar-refractivity contribution >= 4 is 0 Å². The minimum atomic E-state index is 0.489. The third-order valence-electron chi connectivity index (χ3n) is 2.71. The van der Waals surface area contributed by atoms with Gasteiger partial charge in [0, 0.05) is 6.04 Å². The molecule has 1 unspecified atom stereocenters. The van der Waals surface area contributed by atoms with E-state index in [1.807, 2.05) is 0 Å². The molecule has 0 aromatic heterocycles. The molecule has 2 heteroatoms. The largest absolute Gasteiger partial charge is 0.310 e. The maximum absolute atomic E-state index is 3.61. The van der Waals surface area contributed by atoms with E-state index in [1.165, 1.54) is 12.0 Å². The zero-order valence-electron chi connectivity index (χ0n) is 10.7. The molecule has 16 heavy (non-hydrogen) atoms. The SMILES string of the molecule is CCCNC(CCN(C)C)c1ccccc1. The van der Waals surface area contributed by atoms with Gasteiger partial charge >= 0.3 is 0 Å². The van der Waals surface area contributed by atoms with Gasteiger partial charge in [0.05, 0.1) is 0 Å². The second-order valence-corrected chi connectivity index (χ2v) is 4.51. The van der Waals surface area contributed by atoms with Crippen LogP contribution >= 0.6 is 0 Å². The fourth-order valence-electron chi connectivity index (χ4n) is 1.78. The minimum absolute atomic E-state index is 0.489. The van der Waals surface area contributed by atoms with Crippen LogP contribution in [0.3, 0.4) is 0 Å². The molecule has 1 N–H and O–H groups in total. The van der Waals surface area contributed by atoms with Crippen molar-refractivity contribution in [2.75, 3.05) is 27.2 Å². The predicted molar refractivity (Wildman–Crippen MR) is 70.6 cm³/mol. The zero-order valence-corrected chi connectivity index (χ0v) is 10.7. The Labute approximate surface area is 99.7 Å². The summed E-state index contributed by atoms with van der Waals surface area (Å²) in [6.07, 6.45) is 2.35. The molecular formula is C14H24N2. The van der Waals surface area contributed by atoms with Crippen molar-refractivity contribution in [2.45, 2.75) is 25.8 Å². The molecule has 0 aliphatic rings. The maximum atomic E-state index is 3.61. The van der Waals surface area contributed by atoms with E-state index in [-0.39, 0.29) is 0 Å². The summed E-state index contributed by atoms with van der Waals surface area (Å²) in [6.45, 7) is 4.42. The molecule has 1 rings (SSSR count). The van der Waals surface area contributed by atoms with E-state index in [9.17, 15) is 0 Å². The quantitative estimate of drug-likeness (QED) is 0.760. The van der Waals surface area contributed by atoms with Crippen LogP contribution in [-0.4, -0.2) is 32.1 Å². The number of hydrogen-bond donors (Lipinski definition) is 1. The first-order chi connectivity index (χ1) is 7.74. The van der Waals surface area contributed by atoms with Gasteiger partial charge in [0.15, 0.2) is 0 Å². The van der Waals surface area contributed by atoms with Crippen molar-refractivity contribution in [2.24, 2.45) is 0 Å². The molecule has 0 saturated heterocycles. The summed E-state index contributed by atoms with van der Waals surface area (Å²) in [7, 11) is 4.25. The molecule has 90 valence electrons. The van der Waals surface area contributed by atoms with Gasteiger partial charge in [-0.2, -0.15) is 0 Å². The van der Waals surface area contributed by atoms with E-state index in [4.69, 9.17) is 0 Å². The molecule has 0 aliphatic heterocycles. The van der Waals surface area contributed by atoms with Crippen LogP contribution in [0.1, 0.15) is 31.4 Å². The van der Waals surface area contributed by atoms with E-state index in [0.717, 1.165) is 19.5 Å². The second kappa shape index (κ2) is 7.42. The zero-order chi connectivity index (χ0) is 11.8. The van der Waals surface area contributed by atoms with Crippen LogP contribution in [-0.2, 0) is 0 Å². The third-order valence-corrected chi connectivity index (χ3v) is 2.71. The molecule has 1 aromatic rings. The Hall–Kier alpha value is -0.860. The number of nitrogens with one attached hydrogen (secondary N) is 1. The molecule has 0 aliphatic carbocycles. The highest BCUT2D eigenvalue weighted by atomic mass is 15.1. The number of rotatable bonds is 7. The molecule has 0 saturated carbocycles. The Balaban J connectivity index is 2.56. The highest BCUT2D eigenvalue weighted by Crippen LogP contribution is 2.16. The van der Waals surface area contributed by atoms with Gasteiger partial charge in [-0.15, -0.1) is 0 Å². The van der Waals surface area contributed by atoms with Crippen molar-refractivity contribution in [3.8, 4) is 0 Å². The first-order valence-electron chi connectivity index (χ1n) is 6.17. The van der Waals surface area contributed by atoms with Crippen LogP contribution in [0.15, 0.2) is 30.3 Å². The monoisotopic (exact) mass is 220 g/mol. The lowest BCUT2D eigenvalue weighted by Gasteiger charge is -2.21. The third kappa shape index (κ3) is 4.77. The summed E-state index contributed by atoms with van der Waals surface area (Å²) >= 11 is 0. The van der Waals surface area contributed by atoms with Crippen LogP contribution in [0.4, 0.5) is 0 Å². The second-order valence-electron chi connectivity index (χ2n) is 4.51. The van der Waals surface area contributed by atoms with Gasteiger partial charge < -0.3 is 10.2 Å². The van der Waals surface area contributed by atoms with Gasteiger partial charge in [0.1, 0.15) is 0 Å². The Morgan fingerprint density at radius 2 is 1.88 bits per heavy atom. The fourth-order valence-corrected chi connectivity index (χ4v) is 1.78. The van der Waals surface area contributed by atoms with Crippen molar-refractivity contribution in [3.05, 3.63) is 35.9 Å². The molecule has 0 spiro atoms. The van der Waals surface area contributed by atoms with Crippen LogP contribution in [0, 0.1) is 0 Å². The highest BCUT2D eigenvalue weighted by molar-refractivity contribution is 5.18. The summed E-state index contributed by atoms with van der Waals surface area (Å²) < 4.78 is 0. The van der Waals surface area contributed by atoms with E-state index in [2.05, 4.69) is 61.6 Å². The lowest BCUT2D eigenvalue weighted by atomic mass is 10.0. The molecule has 1 atom stereocenters. The van der Waals surface area contributed by atoms with Gasteiger partial charge in [0.2, 0.25) is 0 Å². The highest BCUT2D eigenvalue weighted by Gasteiger charge is 2.09.